The van der Waals surface area contributed by atoms with E-state index in [1.165, 1.54) is 5.56 Å². The molecular formula is C27H33N5O. The smallest absolute Gasteiger partial charge is 0.319 e. The van der Waals surface area contributed by atoms with Gasteiger partial charge in [0, 0.05) is 36.6 Å². The van der Waals surface area contributed by atoms with Gasteiger partial charge >= 0.3 is 6.03 Å². The van der Waals surface area contributed by atoms with Gasteiger partial charge in [-0.15, -0.1) is 0 Å². The van der Waals surface area contributed by atoms with Crippen molar-refractivity contribution >= 4 is 17.4 Å². The number of nitrogens with one attached hydrogen (secondary N) is 2. The molecule has 4 N–H and O–H groups in total. The lowest BCUT2D eigenvalue weighted by molar-refractivity contribution is 0.248. The fraction of sp³-hybridized carbons (Fsp3) is 0.407. The monoisotopic (exact) mass is 443 g/mol. The molecule has 1 saturated heterocycles. The van der Waals surface area contributed by atoms with Gasteiger partial charge in [-0.25, -0.2) is 4.79 Å². The van der Waals surface area contributed by atoms with Gasteiger partial charge in [-0.3, -0.25) is 0 Å². The van der Waals surface area contributed by atoms with Gasteiger partial charge in [-0.05, 0) is 79.8 Å². The number of nitrogens with two attached hydrogens (primary N) is 1. The Morgan fingerprint density at radius 3 is 2.48 bits per heavy atom. The number of nitriles is 1. The SMILES string of the molecule is C=C(c1ccc(C)c(NC(=O)N[C@H]2CC[C@H](N)C2)c1)N1CCC(c2ccc(C#N)cc2)CC1. The average molecular weight is 444 g/mol. The fourth-order valence-electron chi connectivity index (χ4n) is 4.92. The molecule has 0 unspecified atom stereocenters. The zero-order valence-electron chi connectivity index (χ0n) is 19.3. The number of piperidine rings is 1. The van der Waals surface area contributed by atoms with Crippen molar-refractivity contribution in [2.45, 2.75) is 57.0 Å². The maximum atomic E-state index is 12.5. The summed E-state index contributed by atoms with van der Waals surface area (Å²) in [6.07, 6.45) is 4.83. The molecule has 2 aliphatic rings. The van der Waals surface area contributed by atoms with Gasteiger partial charge in [0.2, 0.25) is 0 Å². The third-order valence-corrected chi connectivity index (χ3v) is 7.02. The minimum Gasteiger partial charge on any atom is -0.371 e. The van der Waals surface area contributed by atoms with Crippen LogP contribution in [0.2, 0.25) is 0 Å². The van der Waals surface area contributed by atoms with Crippen LogP contribution in [0.5, 0.6) is 0 Å². The first kappa shape index (κ1) is 22.9. The second kappa shape index (κ2) is 10.1. The van der Waals surface area contributed by atoms with Gasteiger partial charge in [0.05, 0.1) is 11.6 Å². The van der Waals surface area contributed by atoms with Crippen LogP contribution in [0.1, 0.15) is 60.3 Å². The van der Waals surface area contributed by atoms with Crippen LogP contribution in [0.4, 0.5) is 10.5 Å². The number of carbonyl (C=O) groups excluding carboxylic acids is 1. The number of hydrogen-bond acceptors (Lipinski definition) is 4. The summed E-state index contributed by atoms with van der Waals surface area (Å²) in [5, 5.41) is 15.1. The average Bonchev–Trinajstić information content (AvgIpc) is 3.24. The third kappa shape index (κ3) is 5.55. The summed E-state index contributed by atoms with van der Waals surface area (Å²) in [5.74, 6) is 0.504. The van der Waals surface area contributed by atoms with Crippen LogP contribution in [-0.2, 0) is 0 Å². The molecule has 1 heterocycles. The van der Waals surface area contributed by atoms with Crippen LogP contribution in [-0.4, -0.2) is 36.1 Å². The number of amides is 2. The van der Waals surface area contributed by atoms with E-state index in [9.17, 15) is 4.79 Å². The quantitative estimate of drug-likeness (QED) is 0.623. The normalized spacial score (nSPS) is 20.8. The van der Waals surface area contributed by atoms with Crippen molar-refractivity contribution in [2.24, 2.45) is 5.73 Å². The van der Waals surface area contributed by atoms with Gasteiger partial charge in [0.15, 0.2) is 0 Å². The summed E-state index contributed by atoms with van der Waals surface area (Å²) in [4.78, 5) is 14.8. The number of benzene rings is 2. The molecule has 172 valence electrons. The van der Waals surface area contributed by atoms with E-state index in [4.69, 9.17) is 11.0 Å². The van der Waals surface area contributed by atoms with Crippen molar-refractivity contribution in [1.82, 2.24) is 10.2 Å². The molecule has 2 amide bonds. The van der Waals surface area contributed by atoms with Crippen LogP contribution in [0.15, 0.2) is 49.0 Å². The Hall–Kier alpha value is -3.30. The number of rotatable bonds is 5. The highest BCUT2D eigenvalue weighted by molar-refractivity contribution is 5.91. The number of likely N-dealkylation sites (tertiary alicyclic amines) is 1. The predicted octanol–water partition coefficient (Wildman–Crippen LogP) is 4.72. The molecule has 2 fully saturated rings. The van der Waals surface area contributed by atoms with Gasteiger partial charge in [-0.2, -0.15) is 5.26 Å². The molecule has 0 radical (unpaired) electrons. The molecule has 1 aliphatic heterocycles. The summed E-state index contributed by atoms with van der Waals surface area (Å²) in [7, 11) is 0. The maximum absolute atomic E-state index is 12.5. The van der Waals surface area contributed by atoms with E-state index in [2.05, 4.69) is 46.4 Å². The second-order valence-corrected chi connectivity index (χ2v) is 9.34. The standard InChI is InChI=1S/C27H33N5O/c1-18-3-6-23(15-26(18)31-27(33)30-25-10-9-24(29)16-25)19(2)32-13-11-22(12-14-32)21-7-4-20(17-28)5-8-21/h3-8,15,22,24-25H,2,9-14,16,29H2,1H3,(H2,30,31,33)/t24-,25-/m0/s1. The lowest BCUT2D eigenvalue weighted by Crippen LogP contribution is -2.37. The largest absolute Gasteiger partial charge is 0.371 e. The van der Waals surface area contributed by atoms with E-state index < -0.39 is 0 Å². The molecule has 1 saturated carbocycles. The highest BCUT2D eigenvalue weighted by Crippen LogP contribution is 2.32. The molecular weight excluding hydrogens is 410 g/mol. The lowest BCUT2D eigenvalue weighted by Gasteiger charge is -2.35. The van der Waals surface area contributed by atoms with Gasteiger partial charge in [0.1, 0.15) is 0 Å². The maximum Gasteiger partial charge on any atom is 0.319 e. The minimum atomic E-state index is -0.178. The van der Waals surface area contributed by atoms with E-state index in [0.717, 1.165) is 67.7 Å². The van der Waals surface area contributed by atoms with E-state index in [1.54, 1.807) is 0 Å². The molecule has 33 heavy (non-hydrogen) atoms. The highest BCUT2D eigenvalue weighted by atomic mass is 16.2. The molecule has 2 atom stereocenters. The number of nitrogens with zero attached hydrogens (tertiary/aromatic N) is 2. The highest BCUT2D eigenvalue weighted by Gasteiger charge is 2.24. The van der Waals surface area contributed by atoms with Crippen molar-refractivity contribution in [3.63, 3.8) is 0 Å². The molecule has 0 aromatic heterocycles. The summed E-state index contributed by atoms with van der Waals surface area (Å²) in [6, 6.07) is 16.4. The Kier molecular flexibility index (Phi) is 7.00. The van der Waals surface area contributed by atoms with E-state index in [-0.39, 0.29) is 18.1 Å². The Morgan fingerprint density at radius 2 is 1.85 bits per heavy atom. The molecule has 1 aliphatic carbocycles. The Morgan fingerprint density at radius 1 is 1.12 bits per heavy atom. The first-order chi connectivity index (χ1) is 15.9. The number of urea groups is 1. The lowest BCUT2D eigenvalue weighted by atomic mass is 9.88. The first-order valence-corrected chi connectivity index (χ1v) is 11.8. The predicted molar refractivity (Wildman–Crippen MR) is 133 cm³/mol. The van der Waals surface area contributed by atoms with Crippen molar-refractivity contribution in [3.05, 3.63) is 71.3 Å². The van der Waals surface area contributed by atoms with Crippen molar-refractivity contribution in [2.75, 3.05) is 18.4 Å². The molecule has 6 heteroatoms. The number of anilines is 1. The number of carbonyl (C=O) groups is 1. The van der Waals surface area contributed by atoms with Crippen LogP contribution < -0.4 is 16.4 Å². The van der Waals surface area contributed by atoms with Crippen molar-refractivity contribution in [3.8, 4) is 6.07 Å². The summed E-state index contributed by atoms with van der Waals surface area (Å²) in [5.41, 5.74) is 11.8. The first-order valence-electron chi connectivity index (χ1n) is 11.8. The fourth-order valence-corrected chi connectivity index (χ4v) is 4.92. The zero-order chi connectivity index (χ0) is 23.4. The molecule has 2 aromatic rings. The minimum absolute atomic E-state index is 0.149. The summed E-state index contributed by atoms with van der Waals surface area (Å²) < 4.78 is 0. The van der Waals surface area contributed by atoms with Gasteiger partial charge in [0.25, 0.3) is 0 Å². The molecule has 0 bridgehead atoms. The Balaban J connectivity index is 1.35. The van der Waals surface area contributed by atoms with Gasteiger partial charge < -0.3 is 21.3 Å². The van der Waals surface area contributed by atoms with E-state index in [1.807, 2.05) is 31.2 Å². The number of hydrogen-bond donors (Lipinski definition) is 3. The topological polar surface area (TPSA) is 94.2 Å². The number of aryl methyl sites for hydroxylation is 1. The Bertz CT molecular complexity index is 1050. The molecule has 6 nitrogen and oxygen atoms in total. The van der Waals surface area contributed by atoms with Crippen molar-refractivity contribution < 1.29 is 4.79 Å². The summed E-state index contributed by atoms with van der Waals surface area (Å²) in [6.45, 7) is 8.22. The molecule has 4 rings (SSSR count). The van der Waals surface area contributed by atoms with Crippen LogP contribution >= 0.6 is 0 Å². The van der Waals surface area contributed by atoms with Crippen LogP contribution in [0.25, 0.3) is 5.70 Å². The van der Waals surface area contributed by atoms with Gasteiger partial charge in [-0.1, -0.05) is 30.8 Å². The molecule has 0 spiro atoms. The Labute approximate surface area is 196 Å². The van der Waals surface area contributed by atoms with Crippen molar-refractivity contribution in [1.29, 1.82) is 5.26 Å². The zero-order valence-corrected chi connectivity index (χ0v) is 19.3. The molecule has 2 aromatic carbocycles. The van der Waals surface area contributed by atoms with Crippen LogP contribution in [0.3, 0.4) is 0 Å². The third-order valence-electron chi connectivity index (χ3n) is 7.02. The van der Waals surface area contributed by atoms with Crippen LogP contribution in [0, 0.1) is 18.3 Å². The second-order valence-electron chi connectivity index (χ2n) is 9.34. The van der Waals surface area contributed by atoms with E-state index in [0.29, 0.717) is 11.5 Å². The summed E-state index contributed by atoms with van der Waals surface area (Å²) >= 11 is 0. The van der Waals surface area contributed by atoms with E-state index >= 15 is 0 Å².